The minimum absolute atomic E-state index is 0.0662. The SMILES string of the molecule is COc1ccc(NS(=O)(=O)c2c(C)nc3sc(C(C)C)nn23)cc1. The summed E-state index contributed by atoms with van der Waals surface area (Å²) in [7, 11) is -2.25. The van der Waals surface area contributed by atoms with E-state index in [0.29, 0.717) is 22.1 Å². The molecule has 0 fully saturated rings. The Kier molecular flexibility index (Phi) is 4.22. The van der Waals surface area contributed by atoms with E-state index in [1.807, 2.05) is 13.8 Å². The molecule has 2 heterocycles. The molecule has 3 aromatic rings. The lowest BCUT2D eigenvalue weighted by Crippen LogP contribution is -2.16. The summed E-state index contributed by atoms with van der Waals surface area (Å²) in [4.78, 5) is 4.91. The second-order valence-corrected chi connectivity index (χ2v) is 8.21. The number of benzene rings is 1. The fourth-order valence-electron chi connectivity index (χ4n) is 2.25. The molecule has 1 N–H and O–H groups in total. The van der Waals surface area contributed by atoms with Crippen LogP contribution in [0, 0.1) is 6.92 Å². The fourth-order valence-corrected chi connectivity index (χ4v) is 4.59. The van der Waals surface area contributed by atoms with Crippen molar-refractivity contribution in [2.24, 2.45) is 0 Å². The monoisotopic (exact) mass is 366 g/mol. The summed E-state index contributed by atoms with van der Waals surface area (Å²) in [6, 6.07) is 6.67. The molecule has 0 saturated heterocycles. The molecule has 0 atom stereocenters. The number of aromatic nitrogens is 3. The summed E-state index contributed by atoms with van der Waals surface area (Å²) in [5, 5.41) is 5.31. The number of nitrogens with one attached hydrogen (secondary N) is 1. The Morgan fingerprint density at radius 2 is 1.92 bits per heavy atom. The topological polar surface area (TPSA) is 85.6 Å². The summed E-state index contributed by atoms with van der Waals surface area (Å²) >= 11 is 1.40. The van der Waals surface area contributed by atoms with E-state index in [-0.39, 0.29) is 10.9 Å². The van der Waals surface area contributed by atoms with Crippen LogP contribution in [0.5, 0.6) is 5.75 Å². The predicted octanol–water partition coefficient (Wildman–Crippen LogP) is 3.03. The normalized spacial score (nSPS) is 12.0. The van der Waals surface area contributed by atoms with Gasteiger partial charge in [-0.2, -0.15) is 18.0 Å². The molecular formula is C15H18N4O3S2. The van der Waals surface area contributed by atoms with Gasteiger partial charge in [-0.15, -0.1) is 0 Å². The second-order valence-electron chi connectivity index (χ2n) is 5.63. The van der Waals surface area contributed by atoms with E-state index in [1.54, 1.807) is 38.3 Å². The number of ether oxygens (including phenoxy) is 1. The number of anilines is 1. The van der Waals surface area contributed by atoms with Gasteiger partial charge in [-0.25, -0.2) is 4.98 Å². The minimum Gasteiger partial charge on any atom is -0.497 e. The van der Waals surface area contributed by atoms with Gasteiger partial charge in [0, 0.05) is 11.6 Å². The van der Waals surface area contributed by atoms with E-state index < -0.39 is 10.0 Å². The van der Waals surface area contributed by atoms with Crippen LogP contribution in [0.1, 0.15) is 30.5 Å². The smallest absolute Gasteiger partial charge is 0.281 e. The Bertz CT molecular complexity index is 972. The zero-order chi connectivity index (χ0) is 17.5. The maximum absolute atomic E-state index is 12.8. The Labute approximate surface area is 144 Å². The van der Waals surface area contributed by atoms with Gasteiger partial charge in [-0.05, 0) is 31.2 Å². The van der Waals surface area contributed by atoms with Crippen LogP contribution in [0.15, 0.2) is 29.3 Å². The first-order valence-electron chi connectivity index (χ1n) is 7.34. The van der Waals surface area contributed by atoms with Crippen LogP contribution in [0.2, 0.25) is 0 Å². The van der Waals surface area contributed by atoms with Gasteiger partial charge in [0.15, 0.2) is 0 Å². The maximum atomic E-state index is 12.8. The lowest BCUT2D eigenvalue weighted by Gasteiger charge is -2.08. The first kappa shape index (κ1) is 16.7. The number of rotatable bonds is 5. The van der Waals surface area contributed by atoms with Crippen molar-refractivity contribution in [2.75, 3.05) is 11.8 Å². The number of imidazole rings is 1. The first-order valence-corrected chi connectivity index (χ1v) is 9.64. The quantitative estimate of drug-likeness (QED) is 0.750. The van der Waals surface area contributed by atoms with Gasteiger partial charge in [0.2, 0.25) is 9.99 Å². The first-order chi connectivity index (χ1) is 11.3. The second kappa shape index (κ2) is 6.06. The van der Waals surface area contributed by atoms with Crippen molar-refractivity contribution in [1.29, 1.82) is 0 Å². The molecule has 0 amide bonds. The molecule has 0 saturated carbocycles. The van der Waals surface area contributed by atoms with Gasteiger partial charge in [0.25, 0.3) is 10.0 Å². The van der Waals surface area contributed by atoms with E-state index >= 15 is 0 Å². The van der Waals surface area contributed by atoms with Gasteiger partial charge in [0.1, 0.15) is 10.8 Å². The van der Waals surface area contributed by atoms with Gasteiger partial charge < -0.3 is 4.74 Å². The predicted molar refractivity (Wildman–Crippen MR) is 93.5 cm³/mol. The fraction of sp³-hybridized carbons (Fsp3) is 0.333. The Balaban J connectivity index is 2.01. The standard InChI is InChI=1S/C15H18N4O3S2/c1-9(2)13-17-19-14(10(3)16-15(19)23-13)24(20,21)18-11-5-7-12(22-4)8-6-11/h5-9,18H,1-4H3. The van der Waals surface area contributed by atoms with E-state index in [1.165, 1.54) is 15.9 Å². The average Bonchev–Trinajstić information content (AvgIpc) is 3.04. The Morgan fingerprint density at radius 3 is 2.50 bits per heavy atom. The number of sulfonamides is 1. The van der Waals surface area contributed by atoms with Crippen LogP contribution in [-0.4, -0.2) is 30.1 Å². The molecule has 0 unspecified atom stereocenters. The van der Waals surface area contributed by atoms with Crippen LogP contribution in [0.4, 0.5) is 5.69 Å². The molecule has 3 rings (SSSR count). The molecule has 0 radical (unpaired) electrons. The van der Waals surface area contributed by atoms with E-state index in [9.17, 15) is 8.42 Å². The highest BCUT2D eigenvalue weighted by atomic mass is 32.2. The van der Waals surface area contributed by atoms with Crippen molar-refractivity contribution in [1.82, 2.24) is 14.6 Å². The average molecular weight is 366 g/mol. The van der Waals surface area contributed by atoms with E-state index in [2.05, 4.69) is 14.8 Å². The third kappa shape index (κ3) is 2.96. The van der Waals surface area contributed by atoms with Gasteiger partial charge in [-0.1, -0.05) is 25.2 Å². The van der Waals surface area contributed by atoms with Crippen molar-refractivity contribution in [3.05, 3.63) is 35.0 Å². The van der Waals surface area contributed by atoms with Crippen molar-refractivity contribution >= 4 is 32.0 Å². The van der Waals surface area contributed by atoms with Gasteiger partial charge >= 0.3 is 0 Å². The summed E-state index contributed by atoms with van der Waals surface area (Å²) in [6.45, 7) is 5.68. The maximum Gasteiger partial charge on any atom is 0.281 e. The molecule has 9 heteroatoms. The Hall–Kier alpha value is -2.13. The number of nitrogens with zero attached hydrogens (tertiary/aromatic N) is 3. The summed E-state index contributed by atoms with van der Waals surface area (Å²) in [5.41, 5.74) is 0.870. The van der Waals surface area contributed by atoms with Crippen LogP contribution in [0.3, 0.4) is 0 Å². The number of aryl methyl sites for hydroxylation is 1. The molecule has 0 bridgehead atoms. The highest BCUT2D eigenvalue weighted by Gasteiger charge is 2.26. The number of methoxy groups -OCH3 is 1. The minimum atomic E-state index is -3.81. The van der Waals surface area contributed by atoms with E-state index in [4.69, 9.17) is 4.74 Å². The lowest BCUT2D eigenvalue weighted by atomic mass is 10.2. The molecule has 7 nitrogen and oxygen atoms in total. The van der Waals surface area contributed by atoms with Crippen molar-refractivity contribution in [3.8, 4) is 5.75 Å². The van der Waals surface area contributed by atoms with Crippen molar-refractivity contribution in [2.45, 2.75) is 31.7 Å². The zero-order valence-corrected chi connectivity index (χ0v) is 15.4. The molecule has 2 aromatic heterocycles. The van der Waals surface area contributed by atoms with Gasteiger partial charge in [0.05, 0.1) is 12.8 Å². The highest BCUT2D eigenvalue weighted by molar-refractivity contribution is 7.92. The molecule has 0 aliphatic rings. The van der Waals surface area contributed by atoms with Crippen LogP contribution in [0.25, 0.3) is 4.96 Å². The summed E-state index contributed by atoms with van der Waals surface area (Å²) < 4.78 is 34.6. The number of hydrogen-bond donors (Lipinski definition) is 1. The third-order valence-corrected chi connectivity index (χ3v) is 6.12. The molecule has 128 valence electrons. The largest absolute Gasteiger partial charge is 0.497 e. The molecule has 1 aromatic carbocycles. The third-order valence-electron chi connectivity index (χ3n) is 3.43. The molecule has 0 spiro atoms. The van der Waals surface area contributed by atoms with E-state index in [0.717, 1.165) is 5.01 Å². The van der Waals surface area contributed by atoms with Gasteiger partial charge in [-0.3, -0.25) is 4.72 Å². The molecular weight excluding hydrogens is 348 g/mol. The molecule has 24 heavy (non-hydrogen) atoms. The van der Waals surface area contributed by atoms with Crippen LogP contribution < -0.4 is 9.46 Å². The zero-order valence-electron chi connectivity index (χ0n) is 13.8. The van der Waals surface area contributed by atoms with Crippen LogP contribution in [-0.2, 0) is 10.0 Å². The lowest BCUT2D eigenvalue weighted by molar-refractivity contribution is 0.415. The molecule has 0 aliphatic carbocycles. The molecule has 0 aliphatic heterocycles. The van der Waals surface area contributed by atoms with Crippen molar-refractivity contribution in [3.63, 3.8) is 0 Å². The number of fused-ring (bicyclic) bond motifs is 1. The summed E-state index contributed by atoms with van der Waals surface area (Å²) in [5.74, 6) is 0.865. The summed E-state index contributed by atoms with van der Waals surface area (Å²) in [6.07, 6.45) is 0. The highest BCUT2D eigenvalue weighted by Crippen LogP contribution is 2.27. The van der Waals surface area contributed by atoms with Crippen molar-refractivity contribution < 1.29 is 13.2 Å². The number of hydrogen-bond acceptors (Lipinski definition) is 6. The van der Waals surface area contributed by atoms with Crippen LogP contribution >= 0.6 is 11.3 Å². The Morgan fingerprint density at radius 1 is 1.25 bits per heavy atom.